The normalized spacial score (nSPS) is 19.2. The maximum Gasteiger partial charge on any atom is 0.303 e. The molecule has 1 unspecified atom stereocenters. The van der Waals surface area contributed by atoms with E-state index in [0.29, 0.717) is 13.1 Å². The lowest BCUT2D eigenvalue weighted by molar-refractivity contribution is -0.139. The summed E-state index contributed by atoms with van der Waals surface area (Å²) in [5.74, 6) is -1.06. The van der Waals surface area contributed by atoms with Crippen molar-refractivity contribution in [3.8, 4) is 0 Å². The molecule has 6 nitrogen and oxygen atoms in total. The first-order chi connectivity index (χ1) is 7.90. The van der Waals surface area contributed by atoms with Crippen molar-refractivity contribution in [2.24, 2.45) is 5.92 Å². The second-order valence-corrected chi connectivity index (χ2v) is 4.47. The highest BCUT2D eigenvalue weighted by atomic mass is 16.4. The van der Waals surface area contributed by atoms with E-state index in [9.17, 15) is 14.4 Å². The first-order valence-electron chi connectivity index (χ1n) is 5.61. The van der Waals surface area contributed by atoms with E-state index in [1.807, 2.05) is 0 Å². The Labute approximate surface area is 100 Å². The molecule has 6 heteroatoms. The molecular weight excluding hydrogens is 224 g/mol. The van der Waals surface area contributed by atoms with Crippen molar-refractivity contribution >= 4 is 17.8 Å². The van der Waals surface area contributed by atoms with Crippen LogP contribution >= 0.6 is 0 Å². The van der Waals surface area contributed by atoms with Crippen molar-refractivity contribution in [1.29, 1.82) is 0 Å². The lowest BCUT2D eigenvalue weighted by atomic mass is 10.1. The zero-order valence-electron chi connectivity index (χ0n) is 10.2. The number of hydrogen-bond acceptors (Lipinski definition) is 3. The van der Waals surface area contributed by atoms with E-state index in [0.717, 1.165) is 6.42 Å². The number of nitrogens with zero attached hydrogens (tertiary/aromatic N) is 2. The van der Waals surface area contributed by atoms with Crippen molar-refractivity contribution in [3.05, 3.63) is 0 Å². The van der Waals surface area contributed by atoms with Gasteiger partial charge in [-0.3, -0.25) is 14.4 Å². The summed E-state index contributed by atoms with van der Waals surface area (Å²) in [4.78, 5) is 36.3. The fraction of sp³-hybridized carbons (Fsp3) is 0.727. The maximum absolute atomic E-state index is 11.8. The Morgan fingerprint density at radius 3 is 2.59 bits per heavy atom. The Balaban J connectivity index is 2.40. The fourth-order valence-electron chi connectivity index (χ4n) is 1.89. The fourth-order valence-corrected chi connectivity index (χ4v) is 1.89. The lowest BCUT2D eigenvalue weighted by Gasteiger charge is -2.20. The van der Waals surface area contributed by atoms with Crippen LogP contribution in [0.15, 0.2) is 0 Å². The van der Waals surface area contributed by atoms with E-state index in [1.165, 1.54) is 11.8 Å². The van der Waals surface area contributed by atoms with Crippen molar-refractivity contribution in [3.63, 3.8) is 0 Å². The van der Waals surface area contributed by atoms with E-state index < -0.39 is 5.97 Å². The molecular formula is C11H18N2O4. The predicted octanol–water partition coefficient (Wildman–Crippen LogP) is -0.212. The van der Waals surface area contributed by atoms with Crippen LogP contribution in [0.2, 0.25) is 0 Å². The van der Waals surface area contributed by atoms with Gasteiger partial charge in [0, 0.05) is 33.5 Å². The number of hydrogen-bond donors (Lipinski definition) is 1. The van der Waals surface area contributed by atoms with Crippen molar-refractivity contribution in [1.82, 2.24) is 9.80 Å². The van der Waals surface area contributed by atoms with E-state index >= 15 is 0 Å². The van der Waals surface area contributed by atoms with Gasteiger partial charge < -0.3 is 14.9 Å². The van der Waals surface area contributed by atoms with Crippen LogP contribution in [0.3, 0.4) is 0 Å². The van der Waals surface area contributed by atoms with Crippen LogP contribution in [0.5, 0.6) is 0 Å². The first kappa shape index (κ1) is 13.5. The predicted molar refractivity (Wildman–Crippen MR) is 60.3 cm³/mol. The van der Waals surface area contributed by atoms with Gasteiger partial charge in [0.05, 0.1) is 6.54 Å². The molecule has 0 bridgehead atoms. The molecule has 17 heavy (non-hydrogen) atoms. The topological polar surface area (TPSA) is 77.9 Å². The monoisotopic (exact) mass is 242 g/mol. The minimum atomic E-state index is -0.829. The molecule has 1 aliphatic heterocycles. The van der Waals surface area contributed by atoms with Gasteiger partial charge in [-0.25, -0.2) is 0 Å². The second-order valence-electron chi connectivity index (χ2n) is 4.47. The summed E-state index contributed by atoms with van der Waals surface area (Å²) in [6.07, 6.45) is 0.828. The number of carboxylic acid groups (broad SMARTS) is 1. The highest BCUT2D eigenvalue weighted by Crippen LogP contribution is 2.19. The highest BCUT2D eigenvalue weighted by molar-refractivity contribution is 5.83. The zero-order valence-corrected chi connectivity index (χ0v) is 10.2. The van der Waals surface area contributed by atoms with Crippen molar-refractivity contribution in [2.75, 3.05) is 26.7 Å². The Morgan fingerprint density at radius 2 is 2.06 bits per heavy atom. The van der Waals surface area contributed by atoms with Gasteiger partial charge in [0.2, 0.25) is 11.8 Å². The van der Waals surface area contributed by atoms with Crippen molar-refractivity contribution in [2.45, 2.75) is 19.8 Å². The molecule has 96 valence electrons. The molecule has 0 spiro atoms. The summed E-state index contributed by atoms with van der Waals surface area (Å²) in [6.45, 7) is 2.54. The van der Waals surface area contributed by atoms with Gasteiger partial charge in [-0.1, -0.05) is 0 Å². The highest BCUT2D eigenvalue weighted by Gasteiger charge is 2.28. The Hall–Kier alpha value is -1.59. The third kappa shape index (κ3) is 4.05. The van der Waals surface area contributed by atoms with Crippen LogP contribution in [0.1, 0.15) is 19.8 Å². The number of likely N-dealkylation sites (tertiary alicyclic amines) is 1. The smallest absolute Gasteiger partial charge is 0.303 e. The summed E-state index contributed by atoms with van der Waals surface area (Å²) in [5.41, 5.74) is 0. The molecule has 0 aliphatic carbocycles. The third-order valence-electron chi connectivity index (χ3n) is 3.01. The summed E-state index contributed by atoms with van der Waals surface area (Å²) in [7, 11) is 1.57. The van der Waals surface area contributed by atoms with E-state index in [-0.39, 0.29) is 30.7 Å². The van der Waals surface area contributed by atoms with Gasteiger partial charge in [-0.05, 0) is 12.3 Å². The van der Waals surface area contributed by atoms with Gasteiger partial charge >= 0.3 is 5.97 Å². The quantitative estimate of drug-likeness (QED) is 0.739. The number of amides is 2. The molecule has 0 saturated carbocycles. The van der Waals surface area contributed by atoms with E-state index in [4.69, 9.17) is 5.11 Å². The SMILES string of the molecule is CC(=O)N(C)CC(=O)N1CCC(CC(=O)O)C1. The Morgan fingerprint density at radius 1 is 1.41 bits per heavy atom. The van der Waals surface area contributed by atoms with Crippen LogP contribution in [0.4, 0.5) is 0 Å². The maximum atomic E-state index is 11.8. The number of carboxylic acids is 1. The molecule has 1 heterocycles. The molecule has 0 aromatic carbocycles. The zero-order chi connectivity index (χ0) is 13.0. The van der Waals surface area contributed by atoms with Gasteiger partial charge in [0.25, 0.3) is 0 Å². The van der Waals surface area contributed by atoms with Gasteiger partial charge in [-0.15, -0.1) is 0 Å². The van der Waals surface area contributed by atoms with E-state index in [1.54, 1.807) is 11.9 Å². The molecule has 2 amide bonds. The Bertz CT molecular complexity index is 329. The minimum absolute atomic E-state index is 0.0408. The standard InChI is InChI=1S/C11H18N2O4/c1-8(14)12(2)7-10(15)13-4-3-9(6-13)5-11(16)17/h9H,3-7H2,1-2H3,(H,16,17). The van der Waals surface area contributed by atoms with Gasteiger partial charge in [-0.2, -0.15) is 0 Å². The largest absolute Gasteiger partial charge is 0.481 e. The van der Waals surface area contributed by atoms with Gasteiger partial charge in [0.15, 0.2) is 0 Å². The van der Waals surface area contributed by atoms with Crippen molar-refractivity contribution < 1.29 is 19.5 Å². The number of rotatable bonds is 4. The summed E-state index contributed by atoms with van der Waals surface area (Å²) in [5, 5.41) is 8.66. The summed E-state index contributed by atoms with van der Waals surface area (Å²) < 4.78 is 0. The number of aliphatic carboxylic acids is 1. The van der Waals surface area contributed by atoms with Crippen LogP contribution in [-0.4, -0.2) is 59.4 Å². The molecule has 1 rings (SSSR count). The molecule has 1 atom stereocenters. The molecule has 1 fully saturated rings. The lowest BCUT2D eigenvalue weighted by Crippen LogP contribution is -2.39. The average molecular weight is 242 g/mol. The molecule has 1 aliphatic rings. The molecule has 0 aromatic heterocycles. The third-order valence-corrected chi connectivity index (χ3v) is 3.01. The second kappa shape index (κ2) is 5.65. The Kier molecular flexibility index (Phi) is 4.48. The van der Waals surface area contributed by atoms with Crippen LogP contribution in [0, 0.1) is 5.92 Å². The summed E-state index contributed by atoms with van der Waals surface area (Å²) >= 11 is 0. The number of likely N-dealkylation sites (N-methyl/N-ethyl adjacent to an activating group) is 1. The average Bonchev–Trinajstić information content (AvgIpc) is 2.64. The molecule has 0 aromatic rings. The molecule has 1 saturated heterocycles. The van der Waals surface area contributed by atoms with Crippen LogP contribution < -0.4 is 0 Å². The van der Waals surface area contributed by atoms with Crippen LogP contribution in [-0.2, 0) is 14.4 Å². The summed E-state index contributed by atoms with van der Waals surface area (Å²) in [6, 6.07) is 0. The first-order valence-corrected chi connectivity index (χ1v) is 5.61. The molecule has 1 N–H and O–H groups in total. The molecule has 0 radical (unpaired) electrons. The number of carbonyl (C=O) groups excluding carboxylic acids is 2. The van der Waals surface area contributed by atoms with E-state index in [2.05, 4.69) is 0 Å². The van der Waals surface area contributed by atoms with Gasteiger partial charge in [0.1, 0.15) is 0 Å². The minimum Gasteiger partial charge on any atom is -0.481 e. The number of carbonyl (C=O) groups is 3. The van der Waals surface area contributed by atoms with Crippen LogP contribution in [0.25, 0.3) is 0 Å².